The number of methoxy groups -OCH3 is 1. The van der Waals surface area contributed by atoms with Crippen LogP contribution in [-0.4, -0.2) is 52.5 Å². The molecule has 1 aliphatic heterocycles. The van der Waals surface area contributed by atoms with E-state index in [0.29, 0.717) is 25.3 Å². The van der Waals surface area contributed by atoms with Crippen molar-refractivity contribution in [2.24, 2.45) is 0 Å². The largest absolute Gasteiger partial charge is 0.476 e. The van der Waals surface area contributed by atoms with E-state index in [1.807, 2.05) is 0 Å². The number of hydrogen-bond acceptors (Lipinski definition) is 5. The fourth-order valence-corrected chi connectivity index (χ4v) is 2.24. The van der Waals surface area contributed by atoms with Gasteiger partial charge in [0.1, 0.15) is 0 Å². The smallest absolute Gasteiger partial charge is 0.358 e. The minimum absolute atomic E-state index is 0.00728. The van der Waals surface area contributed by atoms with Crippen LogP contribution in [-0.2, 0) is 22.4 Å². The zero-order valence-corrected chi connectivity index (χ0v) is 11.0. The molecule has 0 aromatic carbocycles. The summed E-state index contributed by atoms with van der Waals surface area (Å²) in [5.41, 5.74) is 0.608. The maximum absolute atomic E-state index is 11.1. The molecular weight excluding hydrogens is 250 g/mol. The first-order valence-corrected chi connectivity index (χ1v) is 6.48. The third-order valence-corrected chi connectivity index (χ3v) is 3.23. The van der Waals surface area contributed by atoms with Crippen LogP contribution in [0.5, 0.6) is 0 Å². The van der Waals surface area contributed by atoms with Gasteiger partial charge in [-0.3, -0.25) is 0 Å². The number of aromatic nitrogens is 3. The van der Waals surface area contributed by atoms with Gasteiger partial charge in [0.15, 0.2) is 5.69 Å². The molecule has 7 nitrogen and oxygen atoms in total. The Morgan fingerprint density at radius 3 is 3.05 bits per heavy atom. The van der Waals surface area contributed by atoms with Gasteiger partial charge in [-0.1, -0.05) is 5.21 Å². The van der Waals surface area contributed by atoms with Crippen LogP contribution >= 0.6 is 0 Å². The van der Waals surface area contributed by atoms with E-state index in [2.05, 4.69) is 10.3 Å². The Morgan fingerprint density at radius 2 is 2.42 bits per heavy atom. The molecule has 0 bridgehead atoms. The van der Waals surface area contributed by atoms with Crippen molar-refractivity contribution < 1.29 is 19.4 Å². The summed E-state index contributed by atoms with van der Waals surface area (Å²) in [7, 11) is 1.58. The number of carboxylic acid groups (broad SMARTS) is 1. The van der Waals surface area contributed by atoms with Gasteiger partial charge in [-0.15, -0.1) is 5.10 Å². The van der Waals surface area contributed by atoms with E-state index in [1.165, 1.54) is 0 Å². The highest BCUT2D eigenvalue weighted by Gasteiger charge is 2.22. The maximum atomic E-state index is 11.1. The quantitative estimate of drug-likeness (QED) is 0.819. The van der Waals surface area contributed by atoms with Gasteiger partial charge < -0.3 is 14.6 Å². The Bertz CT molecular complexity index is 427. The second kappa shape index (κ2) is 6.63. The molecule has 1 aliphatic rings. The molecule has 19 heavy (non-hydrogen) atoms. The van der Waals surface area contributed by atoms with E-state index in [0.717, 1.165) is 25.9 Å². The van der Waals surface area contributed by atoms with Gasteiger partial charge in [-0.25, -0.2) is 9.48 Å². The molecule has 2 heterocycles. The predicted molar refractivity (Wildman–Crippen MR) is 66.2 cm³/mol. The van der Waals surface area contributed by atoms with Crippen LogP contribution < -0.4 is 0 Å². The van der Waals surface area contributed by atoms with Crippen molar-refractivity contribution in [1.82, 2.24) is 15.0 Å². The molecule has 0 radical (unpaired) electrons. The summed E-state index contributed by atoms with van der Waals surface area (Å²) >= 11 is 0. The highest BCUT2D eigenvalue weighted by molar-refractivity contribution is 5.86. The fraction of sp³-hybridized carbons (Fsp3) is 0.750. The molecule has 1 fully saturated rings. The zero-order valence-electron chi connectivity index (χ0n) is 11.0. The minimum atomic E-state index is -1.05. The average molecular weight is 269 g/mol. The van der Waals surface area contributed by atoms with Crippen LogP contribution in [0.4, 0.5) is 0 Å². The van der Waals surface area contributed by atoms with Crippen molar-refractivity contribution >= 4 is 5.97 Å². The zero-order chi connectivity index (χ0) is 13.7. The lowest BCUT2D eigenvalue weighted by Crippen LogP contribution is -2.26. The number of aromatic carboxylic acids is 1. The number of nitrogens with zero attached hydrogens (tertiary/aromatic N) is 3. The van der Waals surface area contributed by atoms with Crippen molar-refractivity contribution in [2.45, 2.75) is 38.3 Å². The Morgan fingerprint density at radius 1 is 1.58 bits per heavy atom. The molecule has 7 heteroatoms. The van der Waals surface area contributed by atoms with Crippen molar-refractivity contribution in [1.29, 1.82) is 0 Å². The average Bonchev–Trinajstić information content (AvgIpc) is 2.80. The summed E-state index contributed by atoms with van der Waals surface area (Å²) in [6.45, 7) is 1.76. The molecule has 1 saturated heterocycles. The second-order valence-electron chi connectivity index (χ2n) is 4.60. The molecular formula is C12H19N3O4. The SMILES string of the molecule is COCCc1c(C(=O)O)nnn1CC1CCCCO1. The third-order valence-electron chi connectivity index (χ3n) is 3.23. The Labute approximate surface area is 111 Å². The van der Waals surface area contributed by atoms with E-state index in [-0.39, 0.29) is 11.8 Å². The van der Waals surface area contributed by atoms with Gasteiger partial charge in [0.2, 0.25) is 0 Å². The number of carboxylic acids is 1. The van der Waals surface area contributed by atoms with E-state index in [1.54, 1.807) is 11.8 Å². The highest BCUT2D eigenvalue weighted by atomic mass is 16.5. The lowest BCUT2D eigenvalue weighted by atomic mass is 10.1. The van der Waals surface area contributed by atoms with Crippen molar-refractivity contribution in [3.8, 4) is 0 Å². The van der Waals surface area contributed by atoms with Crippen LogP contribution in [0.15, 0.2) is 0 Å². The first kappa shape index (κ1) is 14.0. The van der Waals surface area contributed by atoms with Crippen LogP contribution in [0.3, 0.4) is 0 Å². The molecule has 0 saturated carbocycles. The number of hydrogen-bond donors (Lipinski definition) is 1. The molecule has 0 spiro atoms. The standard InChI is InChI=1S/C12H19N3O4/c1-18-7-5-10-11(12(16)17)13-14-15(10)8-9-4-2-3-6-19-9/h9H,2-8H2,1H3,(H,16,17). The van der Waals surface area contributed by atoms with Gasteiger partial charge in [0, 0.05) is 20.1 Å². The van der Waals surface area contributed by atoms with Crippen LogP contribution in [0.25, 0.3) is 0 Å². The van der Waals surface area contributed by atoms with Crippen LogP contribution in [0.1, 0.15) is 35.4 Å². The van der Waals surface area contributed by atoms with Crippen molar-refractivity contribution in [2.75, 3.05) is 20.3 Å². The minimum Gasteiger partial charge on any atom is -0.476 e. The summed E-state index contributed by atoms with van der Waals surface area (Å²) in [5, 5.41) is 16.8. The molecule has 1 unspecified atom stereocenters. The number of carbonyl (C=O) groups is 1. The predicted octanol–water partition coefficient (Wildman–Crippen LogP) is 0.734. The van der Waals surface area contributed by atoms with Gasteiger partial charge in [-0.05, 0) is 19.3 Å². The van der Waals surface area contributed by atoms with Gasteiger partial charge >= 0.3 is 5.97 Å². The summed E-state index contributed by atoms with van der Waals surface area (Å²) in [5.74, 6) is -1.05. The van der Waals surface area contributed by atoms with Crippen LogP contribution in [0.2, 0.25) is 0 Å². The lowest BCUT2D eigenvalue weighted by molar-refractivity contribution is 0.00307. The van der Waals surface area contributed by atoms with E-state index >= 15 is 0 Å². The number of rotatable bonds is 6. The normalized spacial score (nSPS) is 19.5. The van der Waals surface area contributed by atoms with Gasteiger partial charge in [0.25, 0.3) is 0 Å². The van der Waals surface area contributed by atoms with Crippen LogP contribution in [0, 0.1) is 0 Å². The van der Waals surface area contributed by atoms with Crippen molar-refractivity contribution in [3.63, 3.8) is 0 Å². The maximum Gasteiger partial charge on any atom is 0.358 e. The molecule has 106 valence electrons. The first-order chi connectivity index (χ1) is 9.22. The molecule has 0 aliphatic carbocycles. The van der Waals surface area contributed by atoms with E-state index in [4.69, 9.17) is 14.6 Å². The van der Waals surface area contributed by atoms with Gasteiger partial charge in [-0.2, -0.15) is 0 Å². The summed E-state index contributed by atoms with van der Waals surface area (Å²) in [6, 6.07) is 0. The number of ether oxygens (including phenoxy) is 2. The van der Waals surface area contributed by atoms with Crippen molar-refractivity contribution in [3.05, 3.63) is 11.4 Å². The molecule has 1 atom stereocenters. The summed E-state index contributed by atoms with van der Waals surface area (Å²) in [4.78, 5) is 11.1. The summed E-state index contributed by atoms with van der Waals surface area (Å²) in [6.07, 6.45) is 3.78. The highest BCUT2D eigenvalue weighted by Crippen LogP contribution is 2.16. The molecule has 1 aromatic heterocycles. The van der Waals surface area contributed by atoms with Gasteiger partial charge in [0.05, 0.1) is 24.9 Å². The Hall–Kier alpha value is -1.47. The molecule has 2 rings (SSSR count). The second-order valence-corrected chi connectivity index (χ2v) is 4.60. The Balaban J connectivity index is 2.11. The fourth-order valence-electron chi connectivity index (χ4n) is 2.24. The molecule has 1 N–H and O–H groups in total. The third kappa shape index (κ3) is 3.51. The van der Waals surface area contributed by atoms with E-state index < -0.39 is 5.97 Å². The first-order valence-electron chi connectivity index (χ1n) is 6.48. The summed E-state index contributed by atoms with van der Waals surface area (Å²) < 4.78 is 12.3. The molecule has 0 amide bonds. The lowest BCUT2D eigenvalue weighted by Gasteiger charge is -2.22. The topological polar surface area (TPSA) is 86.5 Å². The van der Waals surface area contributed by atoms with E-state index in [9.17, 15) is 4.79 Å². The molecule has 1 aromatic rings. The monoisotopic (exact) mass is 269 g/mol. The Kier molecular flexibility index (Phi) is 4.86.